The summed E-state index contributed by atoms with van der Waals surface area (Å²) >= 11 is 0. The predicted octanol–water partition coefficient (Wildman–Crippen LogP) is 1.81. The minimum Gasteiger partial charge on any atom is -0.478 e. The quantitative estimate of drug-likeness (QED) is 0.900. The maximum absolute atomic E-state index is 12.6. The van der Waals surface area contributed by atoms with Gasteiger partial charge >= 0.3 is 5.97 Å². The summed E-state index contributed by atoms with van der Waals surface area (Å²) < 4.78 is 31.2. The van der Waals surface area contributed by atoms with Crippen LogP contribution in [0.4, 0.5) is 0 Å². The summed E-state index contributed by atoms with van der Waals surface area (Å²) in [7, 11) is -2.42. The Morgan fingerprint density at radius 1 is 1.36 bits per heavy atom. The Hall–Kier alpha value is -2.19. The summed E-state index contributed by atoms with van der Waals surface area (Å²) in [5.74, 6) is -0.575. The maximum Gasteiger partial charge on any atom is 0.335 e. The topological polar surface area (TPSA) is 101 Å². The average Bonchev–Trinajstić information content (AvgIpc) is 2.83. The number of hydrogen-bond acceptors (Lipinski definition) is 5. The van der Waals surface area contributed by atoms with Gasteiger partial charge in [-0.2, -0.15) is 4.31 Å². The van der Waals surface area contributed by atoms with Gasteiger partial charge < -0.3 is 9.63 Å². The minimum atomic E-state index is -3.83. The van der Waals surface area contributed by atoms with Crippen LogP contribution in [0.25, 0.3) is 0 Å². The lowest BCUT2D eigenvalue weighted by Crippen LogP contribution is -2.27. The van der Waals surface area contributed by atoms with Gasteiger partial charge in [-0.1, -0.05) is 11.2 Å². The number of aryl methyl sites for hydroxylation is 1. The lowest BCUT2D eigenvalue weighted by atomic mass is 10.1. The van der Waals surface area contributed by atoms with Gasteiger partial charge in [-0.3, -0.25) is 0 Å². The molecule has 0 saturated carbocycles. The van der Waals surface area contributed by atoms with Crippen molar-refractivity contribution in [1.29, 1.82) is 0 Å². The highest BCUT2D eigenvalue weighted by Gasteiger charge is 2.25. The van der Waals surface area contributed by atoms with Crippen LogP contribution < -0.4 is 0 Å². The Morgan fingerprint density at radius 2 is 2.05 bits per heavy atom. The molecule has 2 rings (SSSR count). The molecule has 0 aliphatic rings. The third-order valence-corrected chi connectivity index (χ3v) is 5.21. The van der Waals surface area contributed by atoms with E-state index < -0.39 is 16.0 Å². The first-order valence-corrected chi connectivity index (χ1v) is 7.89. The standard InChI is InChI=1S/C14H16N2O5S/c1-9-7-11(15-21-9)8-16(3)22(19,20)13-6-4-5-12(10(13)2)14(17)18/h4-7H,8H2,1-3H3,(H,17,18). The number of carbonyl (C=O) groups is 1. The first-order chi connectivity index (χ1) is 10.2. The Morgan fingerprint density at radius 3 is 2.59 bits per heavy atom. The van der Waals surface area contributed by atoms with E-state index in [9.17, 15) is 13.2 Å². The smallest absolute Gasteiger partial charge is 0.335 e. The highest BCUT2D eigenvalue weighted by molar-refractivity contribution is 7.89. The molecule has 7 nitrogen and oxygen atoms in total. The summed E-state index contributed by atoms with van der Waals surface area (Å²) in [5.41, 5.74) is 0.653. The Balaban J connectivity index is 2.38. The van der Waals surface area contributed by atoms with Gasteiger partial charge in [0.05, 0.1) is 22.7 Å². The van der Waals surface area contributed by atoms with Crippen LogP contribution in [0.3, 0.4) is 0 Å². The molecule has 0 spiro atoms. The van der Waals surface area contributed by atoms with E-state index in [-0.39, 0.29) is 22.6 Å². The van der Waals surface area contributed by atoms with E-state index in [1.54, 1.807) is 13.0 Å². The second-order valence-electron chi connectivity index (χ2n) is 4.92. The van der Waals surface area contributed by atoms with Gasteiger partial charge in [-0.05, 0) is 31.5 Å². The van der Waals surface area contributed by atoms with Crippen LogP contribution in [0, 0.1) is 13.8 Å². The van der Waals surface area contributed by atoms with Crippen molar-refractivity contribution >= 4 is 16.0 Å². The predicted molar refractivity (Wildman–Crippen MR) is 78.0 cm³/mol. The van der Waals surface area contributed by atoms with Crippen LogP contribution in [0.1, 0.15) is 27.4 Å². The number of rotatable bonds is 5. The SMILES string of the molecule is Cc1cc(CN(C)S(=O)(=O)c2cccc(C(=O)O)c2C)no1. The number of carboxylic acid groups (broad SMARTS) is 1. The molecule has 0 fully saturated rings. The molecule has 8 heteroatoms. The molecule has 0 aliphatic heterocycles. The Labute approximate surface area is 128 Å². The van der Waals surface area contributed by atoms with E-state index in [0.717, 1.165) is 4.31 Å². The van der Waals surface area contributed by atoms with Crippen LogP contribution in [-0.2, 0) is 16.6 Å². The summed E-state index contributed by atoms with van der Waals surface area (Å²) in [6.07, 6.45) is 0. The molecule has 0 saturated heterocycles. The lowest BCUT2D eigenvalue weighted by Gasteiger charge is -2.18. The summed E-state index contributed by atoms with van der Waals surface area (Å²) in [4.78, 5) is 11.1. The molecule has 1 aromatic carbocycles. The molecule has 1 N–H and O–H groups in total. The summed E-state index contributed by atoms with van der Waals surface area (Å²) in [5, 5.41) is 12.9. The van der Waals surface area contributed by atoms with Gasteiger partial charge in [0, 0.05) is 13.1 Å². The minimum absolute atomic E-state index is 0.0323. The van der Waals surface area contributed by atoms with Gasteiger partial charge in [-0.15, -0.1) is 0 Å². The van der Waals surface area contributed by atoms with Crippen molar-refractivity contribution in [3.8, 4) is 0 Å². The Kier molecular flexibility index (Phi) is 4.34. The van der Waals surface area contributed by atoms with Gasteiger partial charge in [0.25, 0.3) is 0 Å². The average molecular weight is 324 g/mol. The van der Waals surface area contributed by atoms with E-state index in [4.69, 9.17) is 9.63 Å². The molecule has 0 radical (unpaired) electrons. The van der Waals surface area contributed by atoms with Crippen molar-refractivity contribution in [2.24, 2.45) is 0 Å². The fraction of sp³-hybridized carbons (Fsp3) is 0.286. The number of aromatic carboxylic acids is 1. The number of carboxylic acids is 1. The monoisotopic (exact) mass is 324 g/mol. The molecule has 118 valence electrons. The first-order valence-electron chi connectivity index (χ1n) is 6.45. The third kappa shape index (κ3) is 3.02. The molecule has 0 aliphatic carbocycles. The zero-order valence-corrected chi connectivity index (χ0v) is 13.2. The van der Waals surface area contributed by atoms with E-state index in [1.165, 1.54) is 32.2 Å². The summed E-state index contributed by atoms with van der Waals surface area (Å²) in [6.45, 7) is 3.23. The molecule has 0 amide bonds. The molecular formula is C14H16N2O5S. The Bertz CT molecular complexity index is 810. The molecule has 0 bridgehead atoms. The van der Waals surface area contributed by atoms with Crippen LogP contribution in [0.2, 0.25) is 0 Å². The van der Waals surface area contributed by atoms with Crippen molar-refractivity contribution in [3.63, 3.8) is 0 Å². The molecule has 1 aromatic heterocycles. The zero-order chi connectivity index (χ0) is 16.5. The molecular weight excluding hydrogens is 308 g/mol. The van der Waals surface area contributed by atoms with E-state index in [0.29, 0.717) is 11.5 Å². The lowest BCUT2D eigenvalue weighted by molar-refractivity contribution is 0.0696. The molecule has 0 atom stereocenters. The van der Waals surface area contributed by atoms with E-state index in [2.05, 4.69) is 5.16 Å². The molecule has 1 heterocycles. The second-order valence-corrected chi connectivity index (χ2v) is 6.94. The van der Waals surface area contributed by atoms with E-state index in [1.807, 2.05) is 0 Å². The number of hydrogen-bond donors (Lipinski definition) is 1. The van der Waals surface area contributed by atoms with Crippen LogP contribution in [0.15, 0.2) is 33.7 Å². The highest BCUT2D eigenvalue weighted by Crippen LogP contribution is 2.23. The largest absolute Gasteiger partial charge is 0.478 e. The number of sulfonamides is 1. The van der Waals surface area contributed by atoms with Crippen LogP contribution >= 0.6 is 0 Å². The van der Waals surface area contributed by atoms with Crippen molar-refractivity contribution in [3.05, 3.63) is 46.8 Å². The van der Waals surface area contributed by atoms with Crippen LogP contribution in [0.5, 0.6) is 0 Å². The normalized spacial score (nSPS) is 11.8. The van der Waals surface area contributed by atoms with Gasteiger partial charge in [0.15, 0.2) is 0 Å². The van der Waals surface area contributed by atoms with Crippen molar-refractivity contribution in [2.45, 2.75) is 25.3 Å². The molecule has 22 heavy (non-hydrogen) atoms. The van der Waals surface area contributed by atoms with E-state index >= 15 is 0 Å². The molecule has 2 aromatic rings. The second kappa shape index (κ2) is 5.90. The van der Waals surface area contributed by atoms with Crippen molar-refractivity contribution in [2.75, 3.05) is 7.05 Å². The van der Waals surface area contributed by atoms with Crippen molar-refractivity contribution in [1.82, 2.24) is 9.46 Å². The van der Waals surface area contributed by atoms with Gasteiger partial charge in [0.2, 0.25) is 10.0 Å². The number of nitrogens with zero attached hydrogens (tertiary/aromatic N) is 2. The maximum atomic E-state index is 12.6. The summed E-state index contributed by atoms with van der Waals surface area (Å²) in [6, 6.07) is 5.82. The first kappa shape index (κ1) is 16.2. The fourth-order valence-electron chi connectivity index (χ4n) is 2.10. The highest BCUT2D eigenvalue weighted by atomic mass is 32.2. The fourth-order valence-corrected chi connectivity index (χ4v) is 3.48. The third-order valence-electron chi connectivity index (χ3n) is 3.26. The zero-order valence-electron chi connectivity index (χ0n) is 12.4. The van der Waals surface area contributed by atoms with Crippen LogP contribution in [-0.4, -0.2) is 36.0 Å². The van der Waals surface area contributed by atoms with Crippen molar-refractivity contribution < 1.29 is 22.8 Å². The van der Waals surface area contributed by atoms with Gasteiger partial charge in [-0.25, -0.2) is 13.2 Å². The number of aromatic nitrogens is 1. The number of benzene rings is 1. The molecule has 0 unspecified atom stereocenters. The van der Waals surface area contributed by atoms with Gasteiger partial charge in [0.1, 0.15) is 5.76 Å².